The van der Waals surface area contributed by atoms with Crippen LogP contribution in [0.2, 0.25) is 0 Å². The molecule has 0 bridgehead atoms. The lowest BCUT2D eigenvalue weighted by atomic mass is 10.3. The van der Waals surface area contributed by atoms with Crippen LogP contribution in [0, 0.1) is 0 Å². The van der Waals surface area contributed by atoms with Gasteiger partial charge in [-0.05, 0) is 37.8 Å². The van der Waals surface area contributed by atoms with Gasteiger partial charge in [-0.15, -0.1) is 10.2 Å². The van der Waals surface area contributed by atoms with Crippen molar-refractivity contribution in [2.24, 2.45) is 0 Å². The van der Waals surface area contributed by atoms with Gasteiger partial charge >= 0.3 is 0 Å². The van der Waals surface area contributed by atoms with Gasteiger partial charge in [0.15, 0.2) is 0 Å². The van der Waals surface area contributed by atoms with Crippen LogP contribution in [0.25, 0.3) is 0 Å². The molecule has 0 amide bonds. The Morgan fingerprint density at radius 2 is 2.35 bits per heavy atom. The van der Waals surface area contributed by atoms with Crippen LogP contribution in [-0.4, -0.2) is 32.8 Å². The second kappa shape index (κ2) is 6.40. The van der Waals surface area contributed by atoms with Crippen LogP contribution >= 0.6 is 11.8 Å². The number of aromatic nitrogens is 3. The molecule has 1 N–H and O–H groups in total. The Bertz CT molecular complexity index is 350. The van der Waals surface area contributed by atoms with Gasteiger partial charge in [0.1, 0.15) is 11.6 Å². The zero-order chi connectivity index (χ0) is 12.1. The fraction of sp³-hybridized carbons (Fsp3) is 0.833. The van der Waals surface area contributed by atoms with E-state index in [0.29, 0.717) is 6.04 Å². The Labute approximate surface area is 108 Å². The molecule has 96 valence electrons. The van der Waals surface area contributed by atoms with E-state index < -0.39 is 0 Å². The van der Waals surface area contributed by atoms with E-state index in [-0.39, 0.29) is 0 Å². The minimum absolute atomic E-state index is 0.320. The van der Waals surface area contributed by atoms with Crippen molar-refractivity contribution in [3.63, 3.8) is 0 Å². The van der Waals surface area contributed by atoms with Crippen molar-refractivity contribution < 1.29 is 0 Å². The van der Waals surface area contributed by atoms with Crippen molar-refractivity contribution in [2.45, 2.75) is 45.7 Å². The van der Waals surface area contributed by atoms with E-state index in [1.807, 2.05) is 11.8 Å². The lowest BCUT2D eigenvalue weighted by Crippen LogP contribution is -2.23. The largest absolute Gasteiger partial charge is 0.314 e. The SMILES string of the molecule is CCSCCCNC(C)c1nnc2n1CCC2. The first-order chi connectivity index (χ1) is 8.33. The fourth-order valence-electron chi connectivity index (χ4n) is 2.22. The van der Waals surface area contributed by atoms with Crippen LogP contribution < -0.4 is 5.32 Å². The summed E-state index contributed by atoms with van der Waals surface area (Å²) >= 11 is 2.00. The molecule has 1 unspecified atom stereocenters. The summed E-state index contributed by atoms with van der Waals surface area (Å²) in [6.07, 6.45) is 3.54. The van der Waals surface area contributed by atoms with E-state index in [0.717, 1.165) is 31.2 Å². The van der Waals surface area contributed by atoms with Crippen LogP contribution in [0.4, 0.5) is 0 Å². The molecule has 0 saturated carbocycles. The standard InChI is InChI=1S/C12H22N4S/c1-3-17-9-5-7-13-10(2)12-15-14-11-6-4-8-16(11)12/h10,13H,3-9H2,1-2H3. The third-order valence-corrected chi connectivity index (χ3v) is 4.13. The molecule has 0 spiro atoms. The first-order valence-electron chi connectivity index (χ1n) is 6.56. The molecule has 1 atom stereocenters. The van der Waals surface area contributed by atoms with Gasteiger partial charge in [-0.2, -0.15) is 11.8 Å². The Hall–Kier alpha value is -0.550. The number of hydrogen-bond acceptors (Lipinski definition) is 4. The Morgan fingerprint density at radius 3 is 3.18 bits per heavy atom. The predicted molar refractivity (Wildman–Crippen MR) is 72.4 cm³/mol. The molecular weight excluding hydrogens is 232 g/mol. The third kappa shape index (κ3) is 3.22. The van der Waals surface area contributed by atoms with Gasteiger partial charge in [0, 0.05) is 13.0 Å². The highest BCUT2D eigenvalue weighted by Gasteiger charge is 2.20. The Balaban J connectivity index is 1.77. The minimum Gasteiger partial charge on any atom is -0.314 e. The molecule has 0 aliphatic carbocycles. The average Bonchev–Trinajstić information content (AvgIpc) is 2.90. The maximum Gasteiger partial charge on any atom is 0.149 e. The molecule has 2 rings (SSSR count). The first kappa shape index (κ1) is 12.9. The summed E-state index contributed by atoms with van der Waals surface area (Å²) in [5.41, 5.74) is 0. The predicted octanol–water partition coefficient (Wildman–Crippen LogP) is 2.02. The second-order valence-electron chi connectivity index (χ2n) is 4.46. The molecule has 1 aromatic heterocycles. The lowest BCUT2D eigenvalue weighted by molar-refractivity contribution is 0.516. The number of rotatable bonds is 7. The number of hydrogen-bond donors (Lipinski definition) is 1. The van der Waals surface area contributed by atoms with E-state index in [2.05, 4.69) is 33.9 Å². The Kier molecular flexibility index (Phi) is 4.86. The molecule has 0 aromatic carbocycles. The quantitative estimate of drug-likeness (QED) is 0.756. The molecule has 0 saturated heterocycles. The minimum atomic E-state index is 0.320. The fourth-order valence-corrected chi connectivity index (χ4v) is 2.86. The van der Waals surface area contributed by atoms with E-state index in [9.17, 15) is 0 Å². The van der Waals surface area contributed by atoms with Gasteiger partial charge < -0.3 is 9.88 Å². The normalized spacial score (nSPS) is 16.1. The van der Waals surface area contributed by atoms with Crippen molar-refractivity contribution in [2.75, 3.05) is 18.1 Å². The van der Waals surface area contributed by atoms with Crippen molar-refractivity contribution in [3.8, 4) is 0 Å². The molecule has 0 radical (unpaired) electrons. The summed E-state index contributed by atoms with van der Waals surface area (Å²) in [6, 6.07) is 0.320. The molecule has 0 fully saturated rings. The third-order valence-electron chi connectivity index (χ3n) is 3.15. The summed E-state index contributed by atoms with van der Waals surface area (Å²) in [5.74, 6) is 4.73. The van der Waals surface area contributed by atoms with Crippen LogP contribution in [0.3, 0.4) is 0 Å². The number of nitrogens with one attached hydrogen (secondary N) is 1. The molecule has 1 aliphatic rings. The van der Waals surface area contributed by atoms with E-state index in [1.54, 1.807) is 0 Å². The van der Waals surface area contributed by atoms with Crippen molar-refractivity contribution in [3.05, 3.63) is 11.6 Å². The first-order valence-corrected chi connectivity index (χ1v) is 7.71. The highest BCUT2D eigenvalue weighted by molar-refractivity contribution is 7.99. The summed E-state index contributed by atoms with van der Waals surface area (Å²) < 4.78 is 2.28. The van der Waals surface area contributed by atoms with Gasteiger partial charge in [-0.1, -0.05) is 6.92 Å². The van der Waals surface area contributed by atoms with Gasteiger partial charge in [-0.25, -0.2) is 0 Å². The van der Waals surface area contributed by atoms with Crippen LogP contribution in [0.5, 0.6) is 0 Å². The van der Waals surface area contributed by atoms with Crippen LogP contribution in [0.15, 0.2) is 0 Å². The average molecular weight is 254 g/mol. The van der Waals surface area contributed by atoms with Gasteiger partial charge in [0.05, 0.1) is 6.04 Å². The summed E-state index contributed by atoms with van der Waals surface area (Å²) in [6.45, 7) is 6.55. The highest BCUT2D eigenvalue weighted by Crippen LogP contribution is 2.18. The lowest BCUT2D eigenvalue weighted by Gasteiger charge is -2.13. The van der Waals surface area contributed by atoms with E-state index >= 15 is 0 Å². The topological polar surface area (TPSA) is 42.7 Å². The molecule has 2 heterocycles. The molecule has 4 nitrogen and oxygen atoms in total. The van der Waals surface area contributed by atoms with Crippen molar-refractivity contribution in [1.29, 1.82) is 0 Å². The molecular formula is C12H22N4S. The van der Waals surface area contributed by atoms with Crippen LogP contribution in [-0.2, 0) is 13.0 Å². The summed E-state index contributed by atoms with van der Waals surface area (Å²) in [4.78, 5) is 0. The molecule has 1 aliphatic heterocycles. The number of aryl methyl sites for hydroxylation is 1. The number of nitrogens with zero attached hydrogens (tertiary/aromatic N) is 3. The Morgan fingerprint density at radius 1 is 1.47 bits per heavy atom. The monoisotopic (exact) mass is 254 g/mol. The van der Waals surface area contributed by atoms with Gasteiger partial charge in [0.25, 0.3) is 0 Å². The second-order valence-corrected chi connectivity index (χ2v) is 5.85. The van der Waals surface area contributed by atoms with Crippen molar-refractivity contribution in [1.82, 2.24) is 20.1 Å². The van der Waals surface area contributed by atoms with Crippen molar-refractivity contribution >= 4 is 11.8 Å². The van der Waals surface area contributed by atoms with E-state index in [1.165, 1.54) is 24.3 Å². The molecule has 1 aromatic rings. The van der Waals surface area contributed by atoms with Crippen LogP contribution in [0.1, 0.15) is 44.4 Å². The van der Waals surface area contributed by atoms with E-state index in [4.69, 9.17) is 0 Å². The maximum absolute atomic E-state index is 4.30. The summed E-state index contributed by atoms with van der Waals surface area (Å²) in [5, 5.41) is 12.1. The van der Waals surface area contributed by atoms with Gasteiger partial charge in [0.2, 0.25) is 0 Å². The number of thioether (sulfide) groups is 1. The zero-order valence-electron chi connectivity index (χ0n) is 10.8. The smallest absolute Gasteiger partial charge is 0.149 e. The van der Waals surface area contributed by atoms with Gasteiger partial charge in [-0.3, -0.25) is 0 Å². The molecule has 17 heavy (non-hydrogen) atoms. The highest BCUT2D eigenvalue weighted by atomic mass is 32.2. The number of fused-ring (bicyclic) bond motifs is 1. The maximum atomic E-state index is 4.30. The summed E-state index contributed by atoms with van der Waals surface area (Å²) in [7, 11) is 0. The molecule has 5 heteroatoms. The zero-order valence-corrected chi connectivity index (χ0v) is 11.6.